The van der Waals surface area contributed by atoms with Crippen LogP contribution in [0.5, 0.6) is 0 Å². The zero-order valence-electron chi connectivity index (χ0n) is 15.5. The van der Waals surface area contributed by atoms with Crippen LogP contribution in [0.2, 0.25) is 5.02 Å². The van der Waals surface area contributed by atoms with Crippen LogP contribution < -0.4 is 9.62 Å². The summed E-state index contributed by atoms with van der Waals surface area (Å²) < 4.78 is 27.8. The fourth-order valence-electron chi connectivity index (χ4n) is 4.08. The van der Waals surface area contributed by atoms with Crippen LogP contribution in [0.25, 0.3) is 0 Å². The third-order valence-corrected chi connectivity index (χ3v) is 7.01. The molecule has 5 nitrogen and oxygen atoms in total. The minimum atomic E-state index is -3.57. The molecule has 1 amide bonds. The molecule has 2 aromatic rings. The summed E-state index contributed by atoms with van der Waals surface area (Å²) in [5, 5.41) is 0.569. The Labute approximate surface area is 170 Å². The van der Waals surface area contributed by atoms with Gasteiger partial charge in [-0.3, -0.25) is 9.52 Å². The Bertz CT molecular complexity index is 983. The van der Waals surface area contributed by atoms with E-state index in [0.29, 0.717) is 22.8 Å². The number of anilines is 2. The summed E-state index contributed by atoms with van der Waals surface area (Å²) >= 11 is 5.86. The Kier molecular flexibility index (Phi) is 5.34. The Balaban J connectivity index is 1.51. The van der Waals surface area contributed by atoms with Crippen LogP contribution in [0.4, 0.5) is 11.4 Å². The number of carbonyl (C=O) groups is 1. The van der Waals surface area contributed by atoms with Crippen molar-refractivity contribution in [1.82, 2.24) is 0 Å². The Morgan fingerprint density at radius 2 is 1.82 bits per heavy atom. The molecule has 2 aromatic carbocycles. The van der Waals surface area contributed by atoms with Gasteiger partial charge >= 0.3 is 0 Å². The van der Waals surface area contributed by atoms with Crippen molar-refractivity contribution < 1.29 is 13.2 Å². The molecule has 0 spiro atoms. The highest BCUT2D eigenvalue weighted by atomic mass is 35.5. The summed E-state index contributed by atoms with van der Waals surface area (Å²) in [5.74, 6) is 0.153. The summed E-state index contributed by atoms with van der Waals surface area (Å²) in [5.41, 5.74) is 3.07. The van der Waals surface area contributed by atoms with Gasteiger partial charge < -0.3 is 4.90 Å². The largest absolute Gasteiger partial charge is 0.312 e. The normalized spacial score (nSPS) is 17.0. The molecule has 0 aromatic heterocycles. The minimum absolute atomic E-state index is 0.108. The number of hydrogen-bond donors (Lipinski definition) is 1. The summed E-state index contributed by atoms with van der Waals surface area (Å²) in [6.45, 7) is 0.672. The Morgan fingerprint density at radius 3 is 2.54 bits per heavy atom. The summed E-state index contributed by atoms with van der Waals surface area (Å²) in [7, 11) is -3.57. The molecule has 1 heterocycles. The third-order valence-electron chi connectivity index (χ3n) is 5.49. The van der Waals surface area contributed by atoms with Crippen molar-refractivity contribution in [2.24, 2.45) is 5.92 Å². The fourth-order valence-corrected chi connectivity index (χ4v) is 5.40. The number of carbonyl (C=O) groups excluding carboxylic acids is 1. The number of nitrogens with zero attached hydrogens (tertiary/aromatic N) is 1. The maximum Gasteiger partial charge on any atom is 0.236 e. The van der Waals surface area contributed by atoms with Gasteiger partial charge in [0.1, 0.15) is 0 Å². The van der Waals surface area contributed by atoms with E-state index in [0.717, 1.165) is 43.4 Å². The zero-order valence-corrected chi connectivity index (χ0v) is 17.1. The Hall–Kier alpha value is -2.05. The van der Waals surface area contributed by atoms with E-state index in [1.54, 1.807) is 36.4 Å². The number of nitrogens with one attached hydrogen (secondary N) is 1. The van der Waals surface area contributed by atoms with Gasteiger partial charge in [0.05, 0.1) is 11.4 Å². The van der Waals surface area contributed by atoms with Gasteiger partial charge in [0, 0.05) is 23.2 Å². The van der Waals surface area contributed by atoms with E-state index in [1.165, 1.54) is 0 Å². The fraction of sp³-hybridized carbons (Fsp3) is 0.381. The Morgan fingerprint density at radius 1 is 1.11 bits per heavy atom. The van der Waals surface area contributed by atoms with Crippen LogP contribution in [0.3, 0.4) is 0 Å². The van der Waals surface area contributed by atoms with Crippen molar-refractivity contribution >= 4 is 38.9 Å². The van der Waals surface area contributed by atoms with E-state index in [4.69, 9.17) is 11.6 Å². The molecule has 0 radical (unpaired) electrons. The number of hydrogen-bond acceptors (Lipinski definition) is 3. The summed E-state index contributed by atoms with van der Waals surface area (Å²) in [6.07, 6.45) is 4.95. The topological polar surface area (TPSA) is 66.5 Å². The zero-order chi connectivity index (χ0) is 19.7. The van der Waals surface area contributed by atoms with Crippen LogP contribution in [0.1, 0.15) is 36.8 Å². The van der Waals surface area contributed by atoms with Crippen LogP contribution in [0.15, 0.2) is 42.5 Å². The summed E-state index contributed by atoms with van der Waals surface area (Å²) in [4.78, 5) is 14.7. The molecule has 28 heavy (non-hydrogen) atoms. The summed E-state index contributed by atoms with van der Waals surface area (Å²) in [6, 6.07) is 12.2. The maximum atomic E-state index is 12.9. The first-order valence-electron chi connectivity index (χ1n) is 9.60. The molecular weight excluding hydrogens is 396 g/mol. The van der Waals surface area contributed by atoms with Gasteiger partial charge in [-0.2, -0.15) is 0 Å². The van der Waals surface area contributed by atoms with Gasteiger partial charge in [-0.05, 0) is 54.7 Å². The van der Waals surface area contributed by atoms with Crippen molar-refractivity contribution in [2.45, 2.75) is 37.9 Å². The number of rotatable bonds is 5. The lowest BCUT2D eigenvalue weighted by Crippen LogP contribution is -2.33. The minimum Gasteiger partial charge on any atom is -0.312 e. The number of sulfonamides is 1. The van der Waals surface area contributed by atoms with E-state index in [9.17, 15) is 13.2 Å². The maximum absolute atomic E-state index is 12.9. The number of amides is 1. The number of benzene rings is 2. The second kappa shape index (κ2) is 7.76. The molecule has 0 saturated heterocycles. The van der Waals surface area contributed by atoms with Gasteiger partial charge in [0.25, 0.3) is 0 Å². The SMILES string of the molecule is O=C(C1CCCC1)N1CCc2ccc(NS(=O)(=O)Cc3ccc(Cl)cc3)cc21. The second-order valence-corrected chi connectivity index (χ2v) is 9.71. The van der Waals surface area contributed by atoms with Crippen molar-refractivity contribution in [3.05, 3.63) is 58.6 Å². The van der Waals surface area contributed by atoms with Gasteiger partial charge in [0.15, 0.2) is 0 Å². The van der Waals surface area contributed by atoms with Gasteiger partial charge in [-0.25, -0.2) is 8.42 Å². The molecule has 1 N–H and O–H groups in total. The first-order valence-corrected chi connectivity index (χ1v) is 11.6. The molecular formula is C21H23ClN2O3S. The van der Waals surface area contributed by atoms with Crippen molar-refractivity contribution in [1.29, 1.82) is 0 Å². The molecule has 0 unspecified atom stereocenters. The predicted molar refractivity (Wildman–Crippen MR) is 112 cm³/mol. The highest BCUT2D eigenvalue weighted by Crippen LogP contribution is 2.35. The lowest BCUT2D eigenvalue weighted by molar-refractivity contribution is -0.122. The lowest BCUT2D eigenvalue weighted by atomic mass is 10.1. The average Bonchev–Trinajstić information content (AvgIpc) is 3.32. The quantitative estimate of drug-likeness (QED) is 0.784. The number of fused-ring (bicyclic) bond motifs is 1. The molecule has 1 aliphatic heterocycles. The van der Waals surface area contributed by atoms with E-state index in [1.807, 2.05) is 11.0 Å². The number of halogens is 1. The molecule has 0 atom stereocenters. The van der Waals surface area contributed by atoms with Gasteiger partial charge in [-0.15, -0.1) is 0 Å². The average molecular weight is 419 g/mol. The van der Waals surface area contributed by atoms with Crippen molar-refractivity contribution in [3.8, 4) is 0 Å². The monoisotopic (exact) mass is 418 g/mol. The van der Waals surface area contributed by atoms with Crippen molar-refractivity contribution in [3.63, 3.8) is 0 Å². The highest BCUT2D eigenvalue weighted by molar-refractivity contribution is 7.91. The van der Waals surface area contributed by atoms with Crippen LogP contribution in [0, 0.1) is 5.92 Å². The van der Waals surface area contributed by atoms with Gasteiger partial charge in [0.2, 0.25) is 15.9 Å². The predicted octanol–water partition coefficient (Wildman–Crippen LogP) is 4.36. The molecule has 2 aliphatic rings. The smallest absolute Gasteiger partial charge is 0.236 e. The molecule has 1 fully saturated rings. The van der Waals surface area contributed by atoms with Gasteiger partial charge in [-0.1, -0.05) is 42.6 Å². The van der Waals surface area contributed by atoms with E-state index >= 15 is 0 Å². The molecule has 1 aliphatic carbocycles. The van der Waals surface area contributed by atoms with Crippen molar-refractivity contribution in [2.75, 3.05) is 16.2 Å². The molecule has 4 rings (SSSR count). The third kappa shape index (κ3) is 4.18. The van der Waals surface area contributed by atoms with E-state index < -0.39 is 10.0 Å². The highest BCUT2D eigenvalue weighted by Gasteiger charge is 2.32. The van der Waals surface area contributed by atoms with Crippen LogP contribution in [-0.4, -0.2) is 20.9 Å². The first kappa shape index (κ1) is 19.3. The molecule has 148 valence electrons. The lowest BCUT2D eigenvalue weighted by Gasteiger charge is -2.21. The second-order valence-electron chi connectivity index (χ2n) is 7.55. The molecule has 7 heteroatoms. The van der Waals surface area contributed by atoms with Crippen LogP contribution >= 0.6 is 11.6 Å². The first-order chi connectivity index (χ1) is 13.4. The standard InChI is InChI=1S/C21H23ClN2O3S/c22-18-8-5-15(6-9-18)14-28(26,27)23-19-10-7-16-11-12-24(20(16)13-19)21(25)17-3-1-2-4-17/h5-10,13,17,23H,1-4,11-12,14H2. The molecule has 1 saturated carbocycles. The molecule has 0 bridgehead atoms. The van der Waals surface area contributed by atoms with E-state index in [2.05, 4.69) is 4.72 Å². The van der Waals surface area contributed by atoms with Crippen LogP contribution in [-0.2, 0) is 27.0 Å². The van der Waals surface area contributed by atoms with E-state index in [-0.39, 0.29) is 17.6 Å².